The van der Waals surface area contributed by atoms with Gasteiger partial charge in [-0.2, -0.15) is 4.98 Å². The van der Waals surface area contributed by atoms with Gasteiger partial charge in [0.25, 0.3) is 0 Å². The first kappa shape index (κ1) is 20.0. The van der Waals surface area contributed by atoms with Crippen molar-refractivity contribution < 1.29 is 14.5 Å². The lowest BCUT2D eigenvalue weighted by molar-refractivity contribution is -0.384. The first-order valence-corrected chi connectivity index (χ1v) is 7.30. The van der Waals surface area contributed by atoms with Gasteiger partial charge in [-0.05, 0) is 24.4 Å². The summed E-state index contributed by atoms with van der Waals surface area (Å²) in [7, 11) is 1.35. The van der Waals surface area contributed by atoms with Crippen LogP contribution in [0.1, 0.15) is 33.6 Å². The molecule has 0 radical (unpaired) electrons. The highest BCUT2D eigenvalue weighted by Gasteiger charge is 2.24. The zero-order chi connectivity index (χ0) is 17.1. The largest absolute Gasteiger partial charge is 0.469 e. The summed E-state index contributed by atoms with van der Waals surface area (Å²) in [6, 6.07) is 0. The fraction of sp³-hybridized carbons (Fsp3) is 0.615. The Hall–Kier alpha value is -1.96. The molecule has 1 aliphatic heterocycles. The number of anilines is 1. The number of aromatic nitrogens is 2. The predicted molar refractivity (Wildman–Crippen MR) is 84.2 cm³/mol. The van der Waals surface area contributed by atoms with Crippen LogP contribution in [0, 0.1) is 10.1 Å². The molecule has 0 N–H and O–H groups in total. The predicted octanol–water partition coefficient (Wildman–Crippen LogP) is 2.84. The third kappa shape index (κ3) is 6.66. The van der Waals surface area contributed by atoms with E-state index in [9.17, 15) is 14.9 Å². The molecule has 8 nitrogen and oxygen atoms in total. The van der Waals surface area contributed by atoms with Crippen molar-refractivity contribution in [3.63, 3.8) is 0 Å². The van der Waals surface area contributed by atoms with Crippen molar-refractivity contribution >= 4 is 29.1 Å². The Morgan fingerprint density at radius 1 is 1.41 bits per heavy atom. The highest BCUT2D eigenvalue weighted by Crippen LogP contribution is 2.28. The number of methoxy groups -OCH3 is 1. The normalized spacial score (nSPS) is 12.5. The summed E-state index contributed by atoms with van der Waals surface area (Å²) in [5.74, 6) is 0.0856. The highest BCUT2D eigenvalue weighted by molar-refractivity contribution is 6.28. The van der Waals surface area contributed by atoms with Crippen LogP contribution in [0.15, 0.2) is 6.20 Å². The summed E-state index contributed by atoms with van der Waals surface area (Å²) in [6.45, 7) is 6.93. The van der Waals surface area contributed by atoms with Crippen molar-refractivity contribution in [3.05, 3.63) is 21.6 Å². The lowest BCUT2D eigenvalue weighted by Gasteiger charge is -2.15. The molecule has 1 aromatic rings. The third-order valence-electron chi connectivity index (χ3n) is 2.61. The Bertz CT molecular complexity index is 493. The second-order valence-corrected chi connectivity index (χ2v) is 4.33. The van der Waals surface area contributed by atoms with Crippen LogP contribution < -0.4 is 4.90 Å². The number of nitro groups is 1. The molecule has 0 amide bonds. The van der Waals surface area contributed by atoms with Gasteiger partial charge in [0.15, 0.2) is 0 Å². The molecule has 0 aromatic carbocycles. The first-order chi connectivity index (χ1) is 10.5. The van der Waals surface area contributed by atoms with E-state index in [4.69, 9.17) is 11.6 Å². The second-order valence-electron chi connectivity index (χ2n) is 3.99. The Labute approximate surface area is 134 Å². The number of rotatable bonds is 2. The fourth-order valence-corrected chi connectivity index (χ4v) is 1.76. The zero-order valence-electron chi connectivity index (χ0n) is 13.2. The summed E-state index contributed by atoms with van der Waals surface area (Å²) >= 11 is 5.63. The molecule has 0 spiro atoms. The lowest BCUT2D eigenvalue weighted by atomic mass is 10.4. The standard InChI is InChI=1S/C8H9ClN4O2.C3H6O2.C2H6/c9-8-10-5-6(13(14)15)7(11-8)12-3-1-2-4-12;1-3(4)5-2;1-2/h5H,1-4H2;1-2H3;1-2H3. The Morgan fingerprint density at radius 2 is 1.91 bits per heavy atom. The Morgan fingerprint density at radius 3 is 2.32 bits per heavy atom. The average molecular weight is 333 g/mol. The molecular formula is C13H21ClN4O4. The molecule has 1 saturated heterocycles. The molecule has 0 aliphatic carbocycles. The summed E-state index contributed by atoms with van der Waals surface area (Å²) in [5, 5.41) is 10.8. The first-order valence-electron chi connectivity index (χ1n) is 6.92. The zero-order valence-corrected chi connectivity index (χ0v) is 14.0. The van der Waals surface area contributed by atoms with E-state index in [2.05, 4.69) is 14.7 Å². The van der Waals surface area contributed by atoms with Crippen LogP contribution in [0.3, 0.4) is 0 Å². The van der Waals surface area contributed by atoms with Gasteiger partial charge < -0.3 is 9.64 Å². The van der Waals surface area contributed by atoms with Crippen molar-refractivity contribution in [2.24, 2.45) is 0 Å². The molecule has 1 aliphatic rings. The number of carbonyl (C=O) groups is 1. The summed E-state index contributed by atoms with van der Waals surface area (Å²) in [5.41, 5.74) is -0.0821. The number of carbonyl (C=O) groups excluding carboxylic acids is 1. The minimum absolute atomic E-state index is 0.0440. The van der Waals surface area contributed by atoms with Gasteiger partial charge in [-0.25, -0.2) is 4.98 Å². The molecule has 0 unspecified atom stereocenters. The van der Waals surface area contributed by atoms with Gasteiger partial charge in [0.05, 0.1) is 12.0 Å². The maximum absolute atomic E-state index is 10.7. The molecule has 0 bridgehead atoms. The lowest BCUT2D eigenvalue weighted by Crippen LogP contribution is -2.20. The topological polar surface area (TPSA) is 98.5 Å². The molecule has 0 atom stereocenters. The van der Waals surface area contributed by atoms with E-state index in [0.717, 1.165) is 32.1 Å². The quantitative estimate of drug-likeness (QED) is 0.355. The molecule has 1 fully saturated rings. The summed E-state index contributed by atoms with van der Waals surface area (Å²) < 4.78 is 4.11. The van der Waals surface area contributed by atoms with Gasteiger partial charge in [-0.3, -0.25) is 14.9 Å². The number of esters is 1. The van der Waals surface area contributed by atoms with Crippen molar-refractivity contribution in [2.75, 3.05) is 25.1 Å². The van der Waals surface area contributed by atoms with Gasteiger partial charge in [-0.15, -0.1) is 0 Å². The van der Waals surface area contributed by atoms with Crippen LogP contribution in [-0.2, 0) is 9.53 Å². The van der Waals surface area contributed by atoms with Crippen LogP contribution >= 0.6 is 11.6 Å². The molecular weight excluding hydrogens is 312 g/mol. The average Bonchev–Trinajstić information content (AvgIpc) is 3.03. The maximum atomic E-state index is 10.7. The number of nitrogens with zero attached hydrogens (tertiary/aromatic N) is 4. The van der Waals surface area contributed by atoms with Crippen LogP contribution in [-0.4, -0.2) is 41.1 Å². The fourth-order valence-electron chi connectivity index (χ4n) is 1.64. The van der Waals surface area contributed by atoms with Gasteiger partial charge in [-0.1, -0.05) is 13.8 Å². The molecule has 0 saturated carbocycles. The summed E-state index contributed by atoms with van der Waals surface area (Å²) in [4.78, 5) is 29.3. The second kappa shape index (κ2) is 10.7. The van der Waals surface area contributed by atoms with Crippen LogP contribution in [0.2, 0.25) is 5.28 Å². The smallest absolute Gasteiger partial charge is 0.329 e. The van der Waals surface area contributed by atoms with E-state index in [1.165, 1.54) is 14.0 Å². The van der Waals surface area contributed by atoms with Crippen LogP contribution in [0.25, 0.3) is 0 Å². The minimum atomic E-state index is -0.482. The molecule has 2 heterocycles. The van der Waals surface area contributed by atoms with E-state index in [0.29, 0.717) is 5.82 Å². The van der Waals surface area contributed by atoms with E-state index in [-0.39, 0.29) is 16.9 Å². The van der Waals surface area contributed by atoms with Gasteiger partial charge >= 0.3 is 11.7 Å². The van der Waals surface area contributed by atoms with E-state index >= 15 is 0 Å². The maximum Gasteiger partial charge on any atom is 0.329 e. The van der Waals surface area contributed by atoms with E-state index in [1.54, 1.807) is 0 Å². The Balaban J connectivity index is 0.000000540. The van der Waals surface area contributed by atoms with Gasteiger partial charge in [0.1, 0.15) is 6.20 Å². The molecule has 2 rings (SSSR count). The number of hydrogen-bond donors (Lipinski definition) is 0. The van der Waals surface area contributed by atoms with Crippen molar-refractivity contribution in [1.29, 1.82) is 0 Å². The number of hydrogen-bond acceptors (Lipinski definition) is 7. The van der Waals surface area contributed by atoms with Crippen LogP contribution in [0.4, 0.5) is 11.5 Å². The van der Waals surface area contributed by atoms with E-state index in [1.807, 2.05) is 18.7 Å². The highest BCUT2D eigenvalue weighted by atomic mass is 35.5. The number of ether oxygens (including phenoxy) is 1. The molecule has 124 valence electrons. The SMILES string of the molecule is CC.COC(C)=O.O=[N+]([O-])c1cnc(Cl)nc1N1CCCC1. The van der Waals surface area contributed by atoms with Crippen molar-refractivity contribution in [2.45, 2.75) is 33.6 Å². The van der Waals surface area contributed by atoms with Gasteiger partial charge in [0.2, 0.25) is 11.1 Å². The van der Waals surface area contributed by atoms with Crippen molar-refractivity contribution in [1.82, 2.24) is 9.97 Å². The van der Waals surface area contributed by atoms with Crippen molar-refractivity contribution in [3.8, 4) is 0 Å². The minimum Gasteiger partial charge on any atom is -0.469 e. The molecule has 1 aromatic heterocycles. The summed E-state index contributed by atoms with van der Waals surface area (Å²) in [6.07, 6.45) is 3.21. The molecule has 9 heteroatoms. The number of halogens is 1. The Kier molecular flexibility index (Phi) is 9.77. The monoisotopic (exact) mass is 332 g/mol. The molecule has 22 heavy (non-hydrogen) atoms. The van der Waals surface area contributed by atoms with Crippen LogP contribution in [0.5, 0.6) is 0 Å². The van der Waals surface area contributed by atoms with Gasteiger partial charge in [0, 0.05) is 20.0 Å². The van der Waals surface area contributed by atoms with E-state index < -0.39 is 4.92 Å². The third-order valence-corrected chi connectivity index (χ3v) is 2.79.